The van der Waals surface area contributed by atoms with Crippen LogP contribution < -0.4 is 16.0 Å². The van der Waals surface area contributed by atoms with E-state index in [9.17, 15) is 4.79 Å². The molecule has 0 saturated heterocycles. The summed E-state index contributed by atoms with van der Waals surface area (Å²) in [5.74, 6) is -0.401. The van der Waals surface area contributed by atoms with Crippen molar-refractivity contribution < 1.29 is 4.79 Å². The quantitative estimate of drug-likeness (QED) is 0.270. The molecule has 0 aliphatic rings. The van der Waals surface area contributed by atoms with Crippen molar-refractivity contribution in [2.24, 2.45) is 0 Å². The highest BCUT2D eigenvalue weighted by atomic mass is 79.9. The number of aryl methyl sites for hydroxylation is 3. The molecule has 0 saturated carbocycles. The lowest BCUT2D eigenvalue weighted by Gasteiger charge is -2.28. The predicted octanol–water partition coefficient (Wildman–Crippen LogP) is 5.79. The van der Waals surface area contributed by atoms with Gasteiger partial charge in [0.1, 0.15) is 6.17 Å². The number of carbonyl (C=O) groups is 1. The molecule has 0 radical (unpaired) electrons. The molecule has 4 nitrogen and oxygen atoms in total. The van der Waals surface area contributed by atoms with E-state index in [1.807, 2.05) is 32.9 Å². The highest BCUT2D eigenvalue weighted by Crippen LogP contribution is 2.29. The van der Waals surface area contributed by atoms with E-state index in [2.05, 4.69) is 31.9 Å². The molecule has 0 aliphatic carbocycles. The van der Waals surface area contributed by atoms with Crippen LogP contribution in [0.25, 0.3) is 0 Å². The van der Waals surface area contributed by atoms with Crippen molar-refractivity contribution in [3.8, 4) is 0 Å². The molecule has 0 aliphatic heterocycles. The van der Waals surface area contributed by atoms with Gasteiger partial charge in [-0.15, -0.1) is 0 Å². The maximum atomic E-state index is 12.5. The van der Waals surface area contributed by atoms with Crippen LogP contribution in [0.2, 0.25) is 0 Å². The molecule has 0 unspecified atom stereocenters. The summed E-state index contributed by atoms with van der Waals surface area (Å²) in [5, 5.41) is 8.87. The molecule has 0 heterocycles. The van der Waals surface area contributed by atoms with Crippen molar-refractivity contribution in [1.29, 1.82) is 0 Å². The molecule has 0 bridgehead atoms. The summed E-state index contributed by atoms with van der Waals surface area (Å²) in [7, 11) is 0. The summed E-state index contributed by atoms with van der Waals surface area (Å²) in [6.45, 7) is 5.98. The van der Waals surface area contributed by atoms with Crippen LogP contribution in [0.5, 0.6) is 0 Å². The highest BCUT2D eigenvalue weighted by molar-refractivity contribution is 9.10. The second-order valence-corrected chi connectivity index (χ2v) is 10.0. The van der Waals surface area contributed by atoms with E-state index < -0.39 is 15.9 Å². The van der Waals surface area contributed by atoms with E-state index >= 15 is 0 Å². The molecule has 2 rings (SSSR count). The van der Waals surface area contributed by atoms with Crippen LogP contribution in [-0.4, -0.2) is 21.0 Å². The number of alkyl halides is 3. The van der Waals surface area contributed by atoms with Gasteiger partial charge < -0.3 is 16.0 Å². The number of benzene rings is 2. The fraction of sp³-hybridized carbons (Fsp3) is 0.263. The zero-order valence-corrected chi connectivity index (χ0v) is 20.0. The van der Waals surface area contributed by atoms with Gasteiger partial charge in [-0.2, -0.15) is 0 Å². The van der Waals surface area contributed by atoms with E-state index in [4.69, 9.17) is 47.0 Å². The Kier molecular flexibility index (Phi) is 7.99. The molecule has 2 aromatic carbocycles. The maximum Gasteiger partial charge on any atom is 0.252 e. The minimum atomic E-state index is -1.83. The summed E-state index contributed by atoms with van der Waals surface area (Å²) < 4.78 is -0.969. The lowest BCUT2D eigenvalue weighted by atomic mass is 10.1. The zero-order chi connectivity index (χ0) is 21.1. The minimum absolute atomic E-state index is 0.225. The number of nitrogens with one attached hydrogen (secondary N) is 3. The van der Waals surface area contributed by atoms with Gasteiger partial charge in [0.2, 0.25) is 3.79 Å². The van der Waals surface area contributed by atoms with Crippen LogP contribution in [-0.2, 0) is 0 Å². The topological polar surface area (TPSA) is 53.2 Å². The van der Waals surface area contributed by atoms with Crippen LogP contribution in [0.3, 0.4) is 0 Å². The summed E-state index contributed by atoms with van der Waals surface area (Å²) >= 11 is 26.8. The van der Waals surface area contributed by atoms with Crippen molar-refractivity contribution in [2.75, 3.05) is 5.32 Å². The molecule has 3 N–H and O–H groups in total. The van der Waals surface area contributed by atoms with Gasteiger partial charge in [0.15, 0.2) is 5.11 Å². The first kappa shape index (κ1) is 23.2. The molecule has 0 aromatic heterocycles. The predicted molar refractivity (Wildman–Crippen MR) is 126 cm³/mol. The largest absolute Gasteiger partial charge is 0.339 e. The van der Waals surface area contributed by atoms with E-state index in [1.165, 1.54) is 0 Å². The molecule has 0 spiro atoms. The molecule has 9 heteroatoms. The standard InChI is InChI=1S/C19H19BrCl3N3OS/c1-10-8-11(2)15(12(3)9-10)24-18(28)26-17(19(21,22)23)25-16(27)13-4-6-14(20)7-5-13/h4-9,17H,1-3H3,(H,25,27)(H2,24,26,28)/t17-/m0/s1. The Balaban J connectivity index is 2.13. The second-order valence-electron chi connectivity index (χ2n) is 6.33. The highest BCUT2D eigenvalue weighted by Gasteiger charge is 2.35. The number of hydrogen-bond acceptors (Lipinski definition) is 2. The fourth-order valence-corrected chi connectivity index (χ4v) is 3.48. The van der Waals surface area contributed by atoms with Gasteiger partial charge in [-0.05, 0) is 68.4 Å². The number of carbonyl (C=O) groups excluding carboxylic acids is 1. The third-order valence-electron chi connectivity index (χ3n) is 3.90. The average Bonchev–Trinajstić information content (AvgIpc) is 2.57. The molecule has 2 aromatic rings. The Bertz CT molecular complexity index is 862. The van der Waals surface area contributed by atoms with Crippen LogP contribution in [0.1, 0.15) is 27.0 Å². The smallest absolute Gasteiger partial charge is 0.252 e. The minimum Gasteiger partial charge on any atom is -0.339 e. The lowest BCUT2D eigenvalue weighted by molar-refractivity contribution is 0.0934. The lowest BCUT2D eigenvalue weighted by Crippen LogP contribution is -2.56. The molecular weight excluding hydrogens is 505 g/mol. The van der Waals surface area contributed by atoms with E-state index in [0.29, 0.717) is 5.56 Å². The summed E-state index contributed by atoms with van der Waals surface area (Å²) in [5.41, 5.74) is 4.51. The van der Waals surface area contributed by atoms with Crippen molar-refractivity contribution in [3.63, 3.8) is 0 Å². The first-order valence-electron chi connectivity index (χ1n) is 8.26. The average molecular weight is 524 g/mol. The van der Waals surface area contributed by atoms with Gasteiger partial charge in [0.05, 0.1) is 0 Å². The van der Waals surface area contributed by atoms with Crippen molar-refractivity contribution in [2.45, 2.75) is 30.7 Å². The third kappa shape index (κ3) is 6.49. The van der Waals surface area contributed by atoms with Gasteiger partial charge in [0, 0.05) is 15.7 Å². The molecule has 150 valence electrons. The van der Waals surface area contributed by atoms with E-state index in [-0.39, 0.29) is 5.11 Å². The number of hydrogen-bond donors (Lipinski definition) is 3. The Labute approximate surface area is 193 Å². The maximum absolute atomic E-state index is 12.5. The van der Waals surface area contributed by atoms with Gasteiger partial charge in [0.25, 0.3) is 5.91 Å². The van der Waals surface area contributed by atoms with Gasteiger partial charge in [-0.1, -0.05) is 68.4 Å². The number of amides is 1. The summed E-state index contributed by atoms with van der Waals surface area (Å²) in [6, 6.07) is 10.9. The normalized spacial score (nSPS) is 12.2. The first-order valence-corrected chi connectivity index (χ1v) is 10.6. The summed E-state index contributed by atoms with van der Waals surface area (Å²) in [6.07, 6.45) is -1.04. The van der Waals surface area contributed by atoms with Crippen molar-refractivity contribution in [3.05, 3.63) is 63.1 Å². The van der Waals surface area contributed by atoms with Crippen LogP contribution in [0.4, 0.5) is 5.69 Å². The van der Waals surface area contributed by atoms with Crippen LogP contribution >= 0.6 is 63.0 Å². The number of thiocarbonyl (C=S) groups is 1. The SMILES string of the molecule is Cc1cc(C)c(NC(=S)N[C@H](NC(=O)c2ccc(Br)cc2)C(Cl)(Cl)Cl)c(C)c1. The Morgan fingerprint density at radius 2 is 1.57 bits per heavy atom. The Morgan fingerprint density at radius 1 is 1.04 bits per heavy atom. The van der Waals surface area contributed by atoms with Crippen molar-refractivity contribution in [1.82, 2.24) is 10.6 Å². The van der Waals surface area contributed by atoms with E-state index in [1.54, 1.807) is 24.3 Å². The van der Waals surface area contributed by atoms with Gasteiger partial charge in [-0.3, -0.25) is 4.79 Å². The Morgan fingerprint density at radius 3 is 2.07 bits per heavy atom. The fourth-order valence-electron chi connectivity index (χ4n) is 2.67. The number of anilines is 1. The summed E-state index contributed by atoms with van der Waals surface area (Å²) in [4.78, 5) is 12.5. The molecule has 1 atom stereocenters. The van der Waals surface area contributed by atoms with Crippen LogP contribution in [0, 0.1) is 20.8 Å². The third-order valence-corrected chi connectivity index (χ3v) is 5.30. The molecule has 1 amide bonds. The zero-order valence-electron chi connectivity index (χ0n) is 15.4. The number of rotatable bonds is 4. The van der Waals surface area contributed by atoms with Crippen molar-refractivity contribution >= 4 is 79.7 Å². The monoisotopic (exact) mass is 521 g/mol. The van der Waals surface area contributed by atoms with Gasteiger partial charge >= 0.3 is 0 Å². The first-order chi connectivity index (χ1) is 13.0. The molecular formula is C19H19BrCl3N3OS. The molecule has 0 fully saturated rings. The van der Waals surface area contributed by atoms with Gasteiger partial charge in [-0.25, -0.2) is 0 Å². The van der Waals surface area contributed by atoms with E-state index in [0.717, 1.165) is 26.9 Å². The van der Waals surface area contributed by atoms with Crippen LogP contribution in [0.15, 0.2) is 40.9 Å². The molecule has 28 heavy (non-hydrogen) atoms. The Hall–Kier alpha value is -1.05. The second kappa shape index (κ2) is 9.63. The number of halogens is 4.